The van der Waals surface area contributed by atoms with Gasteiger partial charge >= 0.3 is 0 Å². The van der Waals surface area contributed by atoms with E-state index in [2.05, 4.69) is 15.5 Å². The van der Waals surface area contributed by atoms with E-state index in [1.807, 2.05) is 0 Å². The lowest BCUT2D eigenvalue weighted by Crippen LogP contribution is -2.49. The topological polar surface area (TPSA) is 90.9 Å². The lowest BCUT2D eigenvalue weighted by atomic mass is 10.0. The number of hydrogen-bond donors (Lipinski definition) is 3. The molecule has 29 heavy (non-hydrogen) atoms. The number of aliphatic hydroxyl groups excluding tert-OH is 1. The molecule has 0 saturated carbocycles. The number of halogens is 1. The van der Waals surface area contributed by atoms with Gasteiger partial charge in [-0.1, -0.05) is 18.2 Å². The van der Waals surface area contributed by atoms with E-state index in [4.69, 9.17) is 4.74 Å². The molecule has 2 amide bonds. The van der Waals surface area contributed by atoms with E-state index in [9.17, 15) is 19.1 Å². The molecule has 2 aliphatic heterocycles. The fourth-order valence-electron chi connectivity index (χ4n) is 3.61. The summed E-state index contributed by atoms with van der Waals surface area (Å²) in [6.45, 7) is 3.31. The molecular formula is C21H28FN3O4. The number of nitrogens with one attached hydrogen (secondary N) is 2. The van der Waals surface area contributed by atoms with Gasteiger partial charge in [-0.25, -0.2) is 4.39 Å². The normalized spacial score (nSPS) is 24.4. The van der Waals surface area contributed by atoms with Crippen molar-refractivity contribution in [1.29, 1.82) is 0 Å². The van der Waals surface area contributed by atoms with E-state index >= 15 is 0 Å². The van der Waals surface area contributed by atoms with E-state index in [-0.39, 0.29) is 24.5 Å². The summed E-state index contributed by atoms with van der Waals surface area (Å²) in [4.78, 5) is 26.8. The van der Waals surface area contributed by atoms with Gasteiger partial charge in [0.05, 0.1) is 25.2 Å². The summed E-state index contributed by atoms with van der Waals surface area (Å²) in [5.41, 5.74) is 0.189. The number of rotatable bonds is 8. The lowest BCUT2D eigenvalue weighted by Gasteiger charge is -2.31. The number of aliphatic hydroxyl groups is 1. The van der Waals surface area contributed by atoms with Gasteiger partial charge in [-0.15, -0.1) is 0 Å². The number of amides is 2. The van der Waals surface area contributed by atoms with Gasteiger partial charge in [0, 0.05) is 18.7 Å². The molecule has 8 heteroatoms. The molecule has 2 heterocycles. The maximum absolute atomic E-state index is 13.3. The third kappa shape index (κ3) is 6.35. The molecule has 0 aliphatic carbocycles. The van der Waals surface area contributed by atoms with Gasteiger partial charge in [-0.3, -0.25) is 9.59 Å². The molecule has 1 aromatic carbocycles. The number of benzene rings is 1. The van der Waals surface area contributed by atoms with E-state index in [0.717, 1.165) is 25.7 Å². The summed E-state index contributed by atoms with van der Waals surface area (Å²) in [5, 5.41) is 15.2. The minimum absolute atomic E-state index is 0.113. The van der Waals surface area contributed by atoms with Gasteiger partial charge in [0.1, 0.15) is 11.9 Å². The highest BCUT2D eigenvalue weighted by molar-refractivity contribution is 5.94. The van der Waals surface area contributed by atoms with Crippen molar-refractivity contribution in [3.05, 3.63) is 47.8 Å². The van der Waals surface area contributed by atoms with Crippen LogP contribution in [0.4, 0.5) is 4.39 Å². The average molecular weight is 405 g/mol. The van der Waals surface area contributed by atoms with Gasteiger partial charge in [0.2, 0.25) is 5.91 Å². The summed E-state index contributed by atoms with van der Waals surface area (Å²) >= 11 is 0. The zero-order valence-corrected chi connectivity index (χ0v) is 16.4. The highest BCUT2D eigenvalue weighted by Crippen LogP contribution is 2.16. The summed E-state index contributed by atoms with van der Waals surface area (Å²) in [6, 6.07) is 4.81. The second kappa shape index (κ2) is 10.5. The van der Waals surface area contributed by atoms with Crippen LogP contribution in [0.3, 0.4) is 0 Å². The molecule has 0 bridgehead atoms. The molecule has 0 radical (unpaired) electrons. The highest BCUT2D eigenvalue weighted by Gasteiger charge is 2.29. The predicted octanol–water partition coefficient (Wildman–Crippen LogP) is 0.842. The minimum atomic E-state index is -0.681. The number of nitrogens with zero attached hydrogens (tertiary/aromatic N) is 1. The zero-order valence-electron chi connectivity index (χ0n) is 16.4. The molecule has 3 rings (SSSR count). The molecule has 1 fully saturated rings. The van der Waals surface area contributed by atoms with Crippen LogP contribution in [0.1, 0.15) is 29.6 Å². The number of carbonyl (C=O) groups is 2. The van der Waals surface area contributed by atoms with E-state index in [1.54, 1.807) is 12.2 Å². The van der Waals surface area contributed by atoms with Crippen molar-refractivity contribution in [3.8, 4) is 0 Å². The standard InChI is InChI=1S/C21H28FN3O4/c22-16-5-3-4-15(12-16)21(28)24-18-7-6-17(29-19(18)14-26)13-20(27)23-8-11-25-9-1-2-10-25/h3-7,12,17-19,26H,1-2,8-11,13-14H2,(H,23,27)(H,24,28)/t17-,18+,19-/m1/s1. The highest BCUT2D eigenvalue weighted by atomic mass is 19.1. The SMILES string of the molecule is O=C(C[C@H]1C=C[C@H](NC(=O)c2cccc(F)c2)[C@@H](CO)O1)NCCN1CCCC1. The summed E-state index contributed by atoms with van der Waals surface area (Å²) in [5.74, 6) is -1.07. The van der Waals surface area contributed by atoms with Crippen molar-refractivity contribution in [2.75, 3.05) is 32.8 Å². The number of likely N-dealkylation sites (tertiary alicyclic amines) is 1. The van der Waals surface area contributed by atoms with E-state index < -0.39 is 30.0 Å². The Morgan fingerprint density at radius 1 is 1.24 bits per heavy atom. The quantitative estimate of drug-likeness (QED) is 0.558. The van der Waals surface area contributed by atoms with Gasteiger partial charge in [0.25, 0.3) is 5.91 Å². The maximum Gasteiger partial charge on any atom is 0.251 e. The Kier molecular flexibility index (Phi) is 7.74. The van der Waals surface area contributed by atoms with Crippen LogP contribution in [0, 0.1) is 5.82 Å². The molecule has 2 aliphatic rings. The Morgan fingerprint density at radius 2 is 2.03 bits per heavy atom. The molecule has 158 valence electrons. The average Bonchev–Trinajstić information content (AvgIpc) is 3.22. The first kappa shape index (κ1) is 21.4. The Hall–Kier alpha value is -2.29. The Bertz CT molecular complexity index is 736. The Balaban J connectivity index is 1.47. The second-order valence-corrected chi connectivity index (χ2v) is 7.39. The van der Waals surface area contributed by atoms with Crippen molar-refractivity contribution in [2.24, 2.45) is 0 Å². The Labute approximate surface area is 169 Å². The van der Waals surface area contributed by atoms with Crippen LogP contribution in [-0.4, -0.2) is 72.9 Å². The molecule has 3 atom stereocenters. The first-order valence-electron chi connectivity index (χ1n) is 10.1. The fraction of sp³-hybridized carbons (Fsp3) is 0.524. The van der Waals surface area contributed by atoms with Crippen LogP contribution in [0.5, 0.6) is 0 Å². The molecule has 0 aromatic heterocycles. The van der Waals surface area contributed by atoms with Crippen molar-refractivity contribution >= 4 is 11.8 Å². The second-order valence-electron chi connectivity index (χ2n) is 7.39. The molecule has 7 nitrogen and oxygen atoms in total. The largest absolute Gasteiger partial charge is 0.394 e. The van der Waals surface area contributed by atoms with Crippen LogP contribution in [0.15, 0.2) is 36.4 Å². The molecule has 1 saturated heterocycles. The summed E-state index contributed by atoms with van der Waals surface area (Å²) < 4.78 is 19.1. The van der Waals surface area contributed by atoms with Crippen molar-refractivity contribution < 1.29 is 23.8 Å². The third-order valence-electron chi connectivity index (χ3n) is 5.18. The first-order valence-corrected chi connectivity index (χ1v) is 10.1. The molecule has 1 aromatic rings. The Morgan fingerprint density at radius 3 is 2.76 bits per heavy atom. The fourth-order valence-corrected chi connectivity index (χ4v) is 3.61. The van der Waals surface area contributed by atoms with E-state index in [1.165, 1.54) is 31.0 Å². The smallest absolute Gasteiger partial charge is 0.251 e. The van der Waals surface area contributed by atoms with Gasteiger partial charge in [-0.2, -0.15) is 0 Å². The monoisotopic (exact) mass is 405 g/mol. The van der Waals surface area contributed by atoms with Crippen LogP contribution < -0.4 is 10.6 Å². The molecule has 3 N–H and O–H groups in total. The van der Waals surface area contributed by atoms with Crippen LogP contribution in [-0.2, 0) is 9.53 Å². The number of hydrogen-bond acceptors (Lipinski definition) is 5. The zero-order chi connectivity index (χ0) is 20.6. The number of ether oxygens (including phenoxy) is 1. The third-order valence-corrected chi connectivity index (χ3v) is 5.18. The number of carbonyl (C=O) groups excluding carboxylic acids is 2. The predicted molar refractivity (Wildman–Crippen MR) is 106 cm³/mol. The van der Waals surface area contributed by atoms with Crippen LogP contribution in [0.25, 0.3) is 0 Å². The molecular weight excluding hydrogens is 377 g/mol. The van der Waals surface area contributed by atoms with Crippen molar-refractivity contribution in [3.63, 3.8) is 0 Å². The van der Waals surface area contributed by atoms with E-state index in [0.29, 0.717) is 6.54 Å². The lowest BCUT2D eigenvalue weighted by molar-refractivity contribution is -0.125. The summed E-state index contributed by atoms with van der Waals surface area (Å²) in [6.07, 6.45) is 4.85. The van der Waals surface area contributed by atoms with Crippen molar-refractivity contribution in [2.45, 2.75) is 37.5 Å². The minimum Gasteiger partial charge on any atom is -0.394 e. The molecule has 0 unspecified atom stereocenters. The molecule has 0 spiro atoms. The van der Waals surface area contributed by atoms with Gasteiger partial charge in [-0.05, 0) is 44.1 Å². The van der Waals surface area contributed by atoms with Gasteiger partial charge < -0.3 is 25.4 Å². The van der Waals surface area contributed by atoms with Crippen LogP contribution >= 0.6 is 0 Å². The van der Waals surface area contributed by atoms with Crippen LogP contribution in [0.2, 0.25) is 0 Å². The van der Waals surface area contributed by atoms with Gasteiger partial charge in [0.15, 0.2) is 0 Å². The maximum atomic E-state index is 13.3. The summed E-state index contributed by atoms with van der Waals surface area (Å²) in [7, 11) is 0. The van der Waals surface area contributed by atoms with Crippen molar-refractivity contribution in [1.82, 2.24) is 15.5 Å². The first-order chi connectivity index (χ1) is 14.0.